The fraction of sp³-hybridized carbons (Fsp3) is 0.350. The van der Waals surface area contributed by atoms with E-state index in [4.69, 9.17) is 16.3 Å². The van der Waals surface area contributed by atoms with Crippen molar-refractivity contribution in [1.29, 1.82) is 0 Å². The van der Waals surface area contributed by atoms with E-state index < -0.39 is 6.09 Å². The monoisotopic (exact) mass is 404 g/mol. The summed E-state index contributed by atoms with van der Waals surface area (Å²) in [4.78, 5) is 23.1. The number of halogens is 1. The zero-order chi connectivity index (χ0) is 20.5. The smallest absolute Gasteiger partial charge is 0.407 e. The molecule has 2 amide bonds. The molecule has 0 unspecified atom stereocenters. The summed E-state index contributed by atoms with van der Waals surface area (Å²) in [5, 5.41) is 10.1. The zero-order valence-electron chi connectivity index (χ0n) is 16.3. The normalized spacial score (nSPS) is 10.9. The van der Waals surface area contributed by atoms with Crippen LogP contribution in [-0.2, 0) is 16.1 Å². The largest absolute Gasteiger partial charge is 0.450 e. The number of ether oxygens (including phenoxy) is 1. The number of benzene rings is 1. The Balaban J connectivity index is 1.90. The van der Waals surface area contributed by atoms with Gasteiger partial charge in [-0.05, 0) is 32.4 Å². The van der Waals surface area contributed by atoms with Crippen LogP contribution in [-0.4, -0.2) is 41.5 Å². The number of amides is 2. The van der Waals surface area contributed by atoms with Gasteiger partial charge in [0.25, 0.3) is 0 Å². The number of carbonyl (C=O) groups is 2. The molecule has 0 aliphatic heterocycles. The molecule has 150 valence electrons. The van der Waals surface area contributed by atoms with Gasteiger partial charge in [0.15, 0.2) is 0 Å². The Hall–Kier alpha value is -2.80. The minimum Gasteiger partial charge on any atom is -0.450 e. The Morgan fingerprint density at radius 3 is 2.54 bits per heavy atom. The van der Waals surface area contributed by atoms with Crippen molar-refractivity contribution in [2.24, 2.45) is 0 Å². The van der Waals surface area contributed by atoms with Gasteiger partial charge in [-0.25, -0.2) is 9.48 Å². The Morgan fingerprint density at radius 1 is 1.18 bits per heavy atom. The molecule has 8 heteroatoms. The van der Waals surface area contributed by atoms with E-state index >= 15 is 0 Å². The first kappa shape index (κ1) is 21.5. The highest BCUT2D eigenvalue weighted by Gasteiger charge is 2.12. The molecule has 2 rings (SSSR count). The predicted octanol–water partition coefficient (Wildman–Crippen LogP) is 3.08. The van der Waals surface area contributed by atoms with Crippen LogP contribution in [0.3, 0.4) is 0 Å². The van der Waals surface area contributed by atoms with Crippen LogP contribution in [0.15, 0.2) is 30.3 Å². The molecular formula is C20H25ClN4O3. The van der Waals surface area contributed by atoms with Crippen molar-refractivity contribution in [3.8, 4) is 0 Å². The first-order valence-electron chi connectivity index (χ1n) is 9.05. The molecule has 28 heavy (non-hydrogen) atoms. The van der Waals surface area contributed by atoms with Gasteiger partial charge in [0.2, 0.25) is 5.91 Å². The molecule has 0 saturated heterocycles. The Bertz CT molecular complexity index is 844. The van der Waals surface area contributed by atoms with Crippen LogP contribution >= 0.6 is 11.6 Å². The molecule has 1 aromatic heterocycles. The fourth-order valence-corrected chi connectivity index (χ4v) is 2.78. The topological polar surface area (TPSA) is 85.2 Å². The maximum Gasteiger partial charge on any atom is 0.407 e. The van der Waals surface area contributed by atoms with E-state index in [9.17, 15) is 9.59 Å². The molecule has 7 nitrogen and oxygen atoms in total. The molecule has 2 N–H and O–H groups in total. The molecule has 0 radical (unpaired) electrons. The highest BCUT2D eigenvalue weighted by Crippen LogP contribution is 2.22. The van der Waals surface area contributed by atoms with Crippen LogP contribution in [0.25, 0.3) is 6.08 Å². The second-order valence-electron chi connectivity index (χ2n) is 6.20. The average molecular weight is 405 g/mol. The van der Waals surface area contributed by atoms with E-state index in [1.54, 1.807) is 17.7 Å². The van der Waals surface area contributed by atoms with Crippen molar-refractivity contribution in [3.05, 3.63) is 57.9 Å². The zero-order valence-corrected chi connectivity index (χ0v) is 17.0. The summed E-state index contributed by atoms with van der Waals surface area (Å²) in [6.45, 7) is 7.04. The minimum absolute atomic E-state index is 0.284. The molecule has 0 bridgehead atoms. The van der Waals surface area contributed by atoms with E-state index in [1.807, 2.05) is 38.1 Å². The lowest BCUT2D eigenvalue weighted by molar-refractivity contribution is -0.116. The van der Waals surface area contributed by atoms with Gasteiger partial charge in [-0.2, -0.15) is 5.10 Å². The predicted molar refractivity (Wildman–Crippen MR) is 109 cm³/mol. The van der Waals surface area contributed by atoms with Crippen molar-refractivity contribution in [2.45, 2.75) is 27.3 Å². The lowest BCUT2D eigenvalue weighted by Crippen LogP contribution is -2.34. The number of aryl methyl sites for hydroxylation is 2. The first-order valence-corrected chi connectivity index (χ1v) is 9.43. The van der Waals surface area contributed by atoms with E-state index in [0.717, 1.165) is 11.3 Å². The molecule has 2 aromatic rings. The maximum absolute atomic E-state index is 11.9. The van der Waals surface area contributed by atoms with E-state index in [-0.39, 0.29) is 12.5 Å². The van der Waals surface area contributed by atoms with Gasteiger partial charge in [-0.3, -0.25) is 4.79 Å². The summed E-state index contributed by atoms with van der Waals surface area (Å²) in [5.74, 6) is -0.285. The third kappa shape index (κ3) is 6.42. The second kappa shape index (κ2) is 10.5. The van der Waals surface area contributed by atoms with Crippen LogP contribution in [0, 0.1) is 13.8 Å². The van der Waals surface area contributed by atoms with Gasteiger partial charge in [0.05, 0.1) is 18.8 Å². The summed E-state index contributed by atoms with van der Waals surface area (Å²) in [5.41, 5.74) is 3.73. The minimum atomic E-state index is -0.504. The number of hydrogen-bond donors (Lipinski definition) is 2. The standard InChI is InChI=1S/C20H25ClN4O3/c1-4-28-20(27)23-12-11-22-18(26)10-9-17-15(3)24-25(19(17)21)13-16-7-5-14(2)6-8-16/h5-10H,4,11-13H2,1-3H3,(H,22,26)(H,23,27)/b10-9+. The summed E-state index contributed by atoms with van der Waals surface area (Å²) < 4.78 is 6.44. The number of hydrogen-bond acceptors (Lipinski definition) is 4. The van der Waals surface area contributed by atoms with Gasteiger partial charge < -0.3 is 15.4 Å². The van der Waals surface area contributed by atoms with Crippen LogP contribution in [0.2, 0.25) is 5.15 Å². The highest BCUT2D eigenvalue weighted by molar-refractivity contribution is 6.31. The molecule has 0 atom stereocenters. The summed E-state index contributed by atoms with van der Waals surface area (Å²) in [6, 6.07) is 8.16. The third-order valence-electron chi connectivity index (χ3n) is 3.93. The molecule has 0 aliphatic carbocycles. The van der Waals surface area contributed by atoms with Crippen molar-refractivity contribution in [3.63, 3.8) is 0 Å². The summed E-state index contributed by atoms with van der Waals surface area (Å²) in [6.07, 6.45) is 2.54. The van der Waals surface area contributed by atoms with Crippen LogP contribution in [0.1, 0.15) is 29.3 Å². The molecule has 0 spiro atoms. The van der Waals surface area contributed by atoms with Gasteiger partial charge in [-0.15, -0.1) is 0 Å². The van der Waals surface area contributed by atoms with Gasteiger partial charge in [0, 0.05) is 24.7 Å². The average Bonchev–Trinajstić information content (AvgIpc) is 2.92. The van der Waals surface area contributed by atoms with Crippen LogP contribution < -0.4 is 10.6 Å². The number of alkyl carbamates (subject to hydrolysis) is 1. The fourth-order valence-electron chi connectivity index (χ4n) is 2.48. The second-order valence-corrected chi connectivity index (χ2v) is 6.56. The number of nitrogens with one attached hydrogen (secondary N) is 2. The van der Waals surface area contributed by atoms with Gasteiger partial charge in [-0.1, -0.05) is 41.4 Å². The molecular weight excluding hydrogens is 380 g/mol. The number of carbonyl (C=O) groups excluding carboxylic acids is 2. The quantitative estimate of drug-likeness (QED) is 0.523. The molecule has 0 fully saturated rings. The molecule has 1 heterocycles. The molecule has 0 saturated carbocycles. The van der Waals surface area contributed by atoms with Crippen LogP contribution in [0.4, 0.5) is 4.79 Å². The van der Waals surface area contributed by atoms with Gasteiger partial charge >= 0.3 is 6.09 Å². The van der Waals surface area contributed by atoms with E-state index in [1.165, 1.54) is 11.6 Å². The number of aromatic nitrogens is 2. The Kier molecular flexibility index (Phi) is 8.07. The number of nitrogens with zero attached hydrogens (tertiary/aromatic N) is 2. The lowest BCUT2D eigenvalue weighted by Gasteiger charge is -2.05. The van der Waals surface area contributed by atoms with Gasteiger partial charge in [0.1, 0.15) is 5.15 Å². The first-order chi connectivity index (χ1) is 13.4. The highest BCUT2D eigenvalue weighted by atomic mass is 35.5. The van der Waals surface area contributed by atoms with E-state index in [2.05, 4.69) is 15.7 Å². The molecule has 1 aromatic carbocycles. The maximum atomic E-state index is 11.9. The summed E-state index contributed by atoms with van der Waals surface area (Å²) in [7, 11) is 0. The Morgan fingerprint density at radius 2 is 1.86 bits per heavy atom. The van der Waals surface area contributed by atoms with Crippen molar-refractivity contribution >= 4 is 29.7 Å². The van der Waals surface area contributed by atoms with Crippen LogP contribution in [0.5, 0.6) is 0 Å². The van der Waals surface area contributed by atoms with Crippen molar-refractivity contribution in [1.82, 2.24) is 20.4 Å². The summed E-state index contributed by atoms with van der Waals surface area (Å²) >= 11 is 6.44. The molecule has 0 aliphatic rings. The van der Waals surface area contributed by atoms with Crippen molar-refractivity contribution < 1.29 is 14.3 Å². The number of rotatable bonds is 8. The van der Waals surface area contributed by atoms with E-state index in [0.29, 0.717) is 30.4 Å². The SMILES string of the molecule is CCOC(=O)NCCNC(=O)/C=C/c1c(C)nn(Cc2ccc(C)cc2)c1Cl. The third-order valence-corrected chi connectivity index (χ3v) is 4.33. The lowest BCUT2D eigenvalue weighted by atomic mass is 10.1. The van der Waals surface area contributed by atoms with Crippen molar-refractivity contribution in [2.75, 3.05) is 19.7 Å². The Labute approximate surface area is 169 Å².